The monoisotopic (exact) mass is 426 g/mol. The minimum Gasteiger partial charge on any atom is -0.351 e. The van der Waals surface area contributed by atoms with Crippen molar-refractivity contribution < 1.29 is 9.59 Å². The largest absolute Gasteiger partial charge is 0.351 e. The summed E-state index contributed by atoms with van der Waals surface area (Å²) < 4.78 is 0. The number of hydrogen-bond donors (Lipinski definition) is 2. The summed E-state index contributed by atoms with van der Waals surface area (Å²) in [6.45, 7) is 0.433. The summed E-state index contributed by atoms with van der Waals surface area (Å²) in [7, 11) is 0. The van der Waals surface area contributed by atoms with Gasteiger partial charge in [-0.05, 0) is 55.2 Å². The van der Waals surface area contributed by atoms with E-state index in [-0.39, 0.29) is 17.7 Å². The average molecular weight is 427 g/mol. The molecule has 2 heterocycles. The highest BCUT2D eigenvalue weighted by Gasteiger charge is 2.30. The standard InChI is InChI=1S/C21H19ClN4O2S/c22-15-8-6-14(7-9-15)19(27)26-21-25-18-16(4-1-5-17(18)29-21)20(28)24-12-13-3-2-10-23-11-13/h2-3,6-11,16H,1,4-5,12H2,(H,24,28)(H,25,26,27)/t16-/m0/s1. The molecule has 0 radical (unpaired) electrons. The molecular weight excluding hydrogens is 408 g/mol. The first-order valence-corrected chi connectivity index (χ1v) is 10.5. The SMILES string of the molecule is O=C(Nc1nc2c(s1)CCC[C@@H]2C(=O)NCc1cccnc1)c1ccc(Cl)cc1. The summed E-state index contributed by atoms with van der Waals surface area (Å²) in [6.07, 6.45) is 5.98. The number of pyridine rings is 1. The van der Waals surface area contributed by atoms with Crippen LogP contribution in [0.4, 0.5) is 5.13 Å². The van der Waals surface area contributed by atoms with Crippen LogP contribution in [0.5, 0.6) is 0 Å². The zero-order valence-electron chi connectivity index (χ0n) is 15.5. The van der Waals surface area contributed by atoms with Gasteiger partial charge in [-0.25, -0.2) is 4.98 Å². The van der Waals surface area contributed by atoms with Gasteiger partial charge in [0.1, 0.15) is 0 Å². The second-order valence-electron chi connectivity index (χ2n) is 6.81. The smallest absolute Gasteiger partial charge is 0.257 e. The molecule has 0 fully saturated rings. The van der Waals surface area contributed by atoms with E-state index in [4.69, 9.17) is 11.6 Å². The second kappa shape index (κ2) is 8.71. The van der Waals surface area contributed by atoms with E-state index in [9.17, 15) is 9.59 Å². The van der Waals surface area contributed by atoms with Crippen LogP contribution >= 0.6 is 22.9 Å². The fourth-order valence-electron chi connectivity index (χ4n) is 3.31. The average Bonchev–Trinajstić information content (AvgIpc) is 3.15. The van der Waals surface area contributed by atoms with Gasteiger partial charge in [0.2, 0.25) is 5.91 Å². The Morgan fingerprint density at radius 3 is 2.79 bits per heavy atom. The first kappa shape index (κ1) is 19.5. The molecule has 1 aliphatic carbocycles. The Hall–Kier alpha value is -2.77. The second-order valence-corrected chi connectivity index (χ2v) is 8.33. The number of hydrogen-bond acceptors (Lipinski definition) is 5. The summed E-state index contributed by atoms with van der Waals surface area (Å²) in [6, 6.07) is 10.4. The molecule has 0 saturated carbocycles. The first-order valence-electron chi connectivity index (χ1n) is 9.33. The quantitative estimate of drug-likeness (QED) is 0.641. The molecule has 0 bridgehead atoms. The van der Waals surface area contributed by atoms with Crippen molar-refractivity contribution in [2.45, 2.75) is 31.7 Å². The van der Waals surface area contributed by atoms with Gasteiger partial charge in [0.05, 0.1) is 11.6 Å². The van der Waals surface area contributed by atoms with Crippen LogP contribution in [0.2, 0.25) is 5.02 Å². The molecule has 2 amide bonds. The van der Waals surface area contributed by atoms with Crippen LogP contribution in [0.15, 0.2) is 48.8 Å². The highest BCUT2D eigenvalue weighted by atomic mass is 35.5. The summed E-state index contributed by atoms with van der Waals surface area (Å²) >= 11 is 7.31. The highest BCUT2D eigenvalue weighted by Crippen LogP contribution is 2.37. The van der Waals surface area contributed by atoms with Gasteiger partial charge >= 0.3 is 0 Å². The van der Waals surface area contributed by atoms with E-state index < -0.39 is 0 Å². The van der Waals surface area contributed by atoms with Gasteiger partial charge in [-0.1, -0.05) is 17.7 Å². The zero-order valence-corrected chi connectivity index (χ0v) is 17.1. The van der Waals surface area contributed by atoms with Crippen LogP contribution in [0.25, 0.3) is 0 Å². The minimum absolute atomic E-state index is 0.0457. The van der Waals surface area contributed by atoms with Crippen LogP contribution in [0.3, 0.4) is 0 Å². The molecule has 3 aromatic rings. The fourth-order valence-corrected chi connectivity index (χ4v) is 4.50. The number of aromatic nitrogens is 2. The summed E-state index contributed by atoms with van der Waals surface area (Å²) in [5, 5.41) is 6.91. The van der Waals surface area contributed by atoms with Crippen molar-refractivity contribution in [1.29, 1.82) is 0 Å². The summed E-state index contributed by atoms with van der Waals surface area (Å²) in [5.74, 6) is -0.589. The van der Waals surface area contributed by atoms with Crippen LogP contribution in [-0.2, 0) is 17.8 Å². The van der Waals surface area contributed by atoms with Crippen molar-refractivity contribution in [3.8, 4) is 0 Å². The molecule has 8 heteroatoms. The van der Waals surface area contributed by atoms with Crippen molar-refractivity contribution in [1.82, 2.24) is 15.3 Å². The van der Waals surface area contributed by atoms with E-state index in [2.05, 4.69) is 20.6 Å². The lowest BCUT2D eigenvalue weighted by molar-refractivity contribution is -0.123. The van der Waals surface area contributed by atoms with E-state index in [0.717, 1.165) is 35.4 Å². The third kappa shape index (κ3) is 4.63. The molecule has 4 rings (SSSR count). The molecule has 29 heavy (non-hydrogen) atoms. The Morgan fingerprint density at radius 2 is 2.03 bits per heavy atom. The maximum Gasteiger partial charge on any atom is 0.257 e. The van der Waals surface area contributed by atoms with Crippen molar-refractivity contribution in [3.63, 3.8) is 0 Å². The van der Waals surface area contributed by atoms with Gasteiger partial charge < -0.3 is 5.32 Å². The maximum absolute atomic E-state index is 12.8. The normalized spacial score (nSPS) is 15.4. The number of fused-ring (bicyclic) bond motifs is 1. The molecule has 0 spiro atoms. The number of rotatable bonds is 5. The number of nitrogens with zero attached hydrogens (tertiary/aromatic N) is 2. The molecule has 6 nitrogen and oxygen atoms in total. The Kier molecular flexibility index (Phi) is 5.87. The molecule has 0 unspecified atom stereocenters. The molecule has 1 aromatic carbocycles. The van der Waals surface area contributed by atoms with Crippen molar-refractivity contribution in [2.75, 3.05) is 5.32 Å². The fraction of sp³-hybridized carbons (Fsp3) is 0.238. The van der Waals surface area contributed by atoms with Crippen molar-refractivity contribution in [3.05, 3.63) is 75.5 Å². The van der Waals surface area contributed by atoms with E-state index in [1.54, 1.807) is 36.7 Å². The molecule has 0 saturated heterocycles. The van der Waals surface area contributed by atoms with Gasteiger partial charge in [-0.15, -0.1) is 11.3 Å². The number of anilines is 1. The lowest BCUT2D eigenvalue weighted by atomic mass is 9.90. The van der Waals surface area contributed by atoms with Crippen molar-refractivity contribution >= 4 is 39.9 Å². The van der Waals surface area contributed by atoms with Gasteiger partial charge in [0.25, 0.3) is 5.91 Å². The Bertz CT molecular complexity index is 1020. The van der Waals surface area contributed by atoms with Crippen LogP contribution in [0.1, 0.15) is 45.3 Å². The number of nitrogens with one attached hydrogen (secondary N) is 2. The van der Waals surface area contributed by atoms with E-state index in [0.29, 0.717) is 22.3 Å². The number of benzene rings is 1. The number of halogens is 1. The Balaban J connectivity index is 1.45. The predicted molar refractivity (Wildman–Crippen MR) is 113 cm³/mol. The molecular formula is C21H19ClN4O2S. The van der Waals surface area contributed by atoms with Crippen LogP contribution in [0, 0.1) is 0 Å². The minimum atomic E-state index is -0.298. The third-order valence-electron chi connectivity index (χ3n) is 4.79. The van der Waals surface area contributed by atoms with E-state index in [1.165, 1.54) is 11.3 Å². The molecule has 148 valence electrons. The van der Waals surface area contributed by atoms with Gasteiger partial charge in [-0.2, -0.15) is 0 Å². The van der Waals surface area contributed by atoms with Gasteiger partial charge in [0.15, 0.2) is 5.13 Å². The van der Waals surface area contributed by atoms with Gasteiger partial charge in [-0.3, -0.25) is 19.9 Å². The summed E-state index contributed by atoms with van der Waals surface area (Å²) in [4.78, 5) is 34.9. The Morgan fingerprint density at radius 1 is 1.21 bits per heavy atom. The molecule has 1 atom stereocenters. The van der Waals surface area contributed by atoms with Crippen LogP contribution in [-0.4, -0.2) is 21.8 Å². The molecule has 0 aliphatic heterocycles. The number of carbonyl (C=O) groups is 2. The summed E-state index contributed by atoms with van der Waals surface area (Å²) in [5.41, 5.74) is 2.23. The Labute approximate surface area is 177 Å². The topological polar surface area (TPSA) is 84.0 Å². The molecule has 2 N–H and O–H groups in total. The lowest BCUT2D eigenvalue weighted by Crippen LogP contribution is -2.31. The lowest BCUT2D eigenvalue weighted by Gasteiger charge is -2.20. The number of thiazole rings is 1. The first-order chi connectivity index (χ1) is 14.1. The van der Waals surface area contributed by atoms with Gasteiger partial charge in [0, 0.05) is 34.4 Å². The zero-order chi connectivity index (χ0) is 20.2. The molecule has 2 aromatic heterocycles. The highest BCUT2D eigenvalue weighted by molar-refractivity contribution is 7.16. The predicted octanol–water partition coefficient (Wildman–Crippen LogP) is 4.18. The number of amides is 2. The van der Waals surface area contributed by atoms with Crippen molar-refractivity contribution in [2.24, 2.45) is 0 Å². The number of aryl methyl sites for hydroxylation is 1. The van der Waals surface area contributed by atoms with E-state index >= 15 is 0 Å². The maximum atomic E-state index is 12.8. The molecule has 1 aliphatic rings. The number of carbonyl (C=O) groups excluding carboxylic acids is 2. The third-order valence-corrected chi connectivity index (χ3v) is 6.09. The van der Waals surface area contributed by atoms with Crippen LogP contribution < -0.4 is 10.6 Å². The van der Waals surface area contributed by atoms with E-state index in [1.807, 2.05) is 12.1 Å².